The third-order valence-electron chi connectivity index (χ3n) is 3.54. The molecular formula is C13H19FN2O2S. The highest BCUT2D eigenvalue weighted by Crippen LogP contribution is 2.19. The summed E-state index contributed by atoms with van der Waals surface area (Å²) in [5.41, 5.74) is 0. The van der Waals surface area contributed by atoms with Crippen molar-refractivity contribution in [3.63, 3.8) is 0 Å². The van der Waals surface area contributed by atoms with Crippen molar-refractivity contribution in [2.75, 3.05) is 20.1 Å². The zero-order chi connectivity index (χ0) is 14.0. The summed E-state index contributed by atoms with van der Waals surface area (Å²) < 4.78 is 40.6. The molecule has 0 radical (unpaired) electrons. The van der Waals surface area contributed by atoms with Crippen molar-refractivity contribution in [1.82, 2.24) is 9.62 Å². The number of benzene rings is 1. The van der Waals surface area contributed by atoms with Crippen LogP contribution in [-0.2, 0) is 10.0 Å². The van der Waals surface area contributed by atoms with Crippen LogP contribution in [0.4, 0.5) is 4.39 Å². The molecule has 19 heavy (non-hydrogen) atoms. The minimum Gasteiger partial charge on any atom is -0.306 e. The number of hydrogen-bond acceptors (Lipinski definition) is 3. The Labute approximate surface area is 113 Å². The van der Waals surface area contributed by atoms with E-state index in [1.54, 1.807) is 0 Å². The first kappa shape index (κ1) is 14.4. The Morgan fingerprint density at radius 2 is 2.05 bits per heavy atom. The van der Waals surface area contributed by atoms with Gasteiger partial charge in [0, 0.05) is 12.6 Å². The standard InChI is InChI=1S/C13H19FN2O2S/c1-10-9-16(2)8-7-12(10)15-19(17,18)13-6-4-3-5-11(13)14/h3-6,10,12,15H,7-9H2,1-2H3. The van der Waals surface area contributed by atoms with Crippen LogP contribution < -0.4 is 4.72 Å². The Morgan fingerprint density at radius 1 is 1.37 bits per heavy atom. The van der Waals surface area contributed by atoms with Crippen LogP contribution in [0.2, 0.25) is 0 Å². The maximum absolute atomic E-state index is 13.6. The summed E-state index contributed by atoms with van der Waals surface area (Å²) in [5, 5.41) is 0. The molecule has 1 aliphatic heterocycles. The molecule has 1 fully saturated rings. The van der Waals surface area contributed by atoms with E-state index in [9.17, 15) is 12.8 Å². The van der Waals surface area contributed by atoms with Crippen LogP contribution in [0.1, 0.15) is 13.3 Å². The maximum Gasteiger partial charge on any atom is 0.243 e. The molecule has 6 heteroatoms. The van der Waals surface area contributed by atoms with Gasteiger partial charge in [0.25, 0.3) is 0 Å². The summed E-state index contributed by atoms with van der Waals surface area (Å²) in [6.07, 6.45) is 0.741. The molecule has 0 aromatic heterocycles. The van der Waals surface area contributed by atoms with E-state index in [0.717, 1.165) is 25.6 Å². The Hall–Kier alpha value is -0.980. The lowest BCUT2D eigenvalue weighted by molar-refractivity contribution is 0.188. The SMILES string of the molecule is CC1CN(C)CCC1NS(=O)(=O)c1ccccc1F. The fourth-order valence-electron chi connectivity index (χ4n) is 2.45. The van der Waals surface area contributed by atoms with Gasteiger partial charge in [-0.15, -0.1) is 0 Å². The van der Waals surface area contributed by atoms with Crippen molar-refractivity contribution < 1.29 is 12.8 Å². The Kier molecular flexibility index (Phi) is 4.23. The lowest BCUT2D eigenvalue weighted by Crippen LogP contribution is -2.48. The fourth-order valence-corrected chi connectivity index (χ4v) is 3.91. The van der Waals surface area contributed by atoms with Crippen molar-refractivity contribution in [2.45, 2.75) is 24.3 Å². The molecule has 2 rings (SSSR count). The molecule has 1 saturated heterocycles. The predicted molar refractivity (Wildman–Crippen MR) is 71.8 cm³/mol. The van der Waals surface area contributed by atoms with E-state index in [-0.39, 0.29) is 16.9 Å². The molecule has 4 nitrogen and oxygen atoms in total. The molecule has 0 amide bonds. The van der Waals surface area contributed by atoms with Gasteiger partial charge in [0.1, 0.15) is 10.7 Å². The number of sulfonamides is 1. The van der Waals surface area contributed by atoms with Gasteiger partial charge in [-0.25, -0.2) is 17.5 Å². The first-order chi connectivity index (χ1) is 8.90. The average molecular weight is 286 g/mol. The Bertz CT molecular complexity index is 547. The Morgan fingerprint density at radius 3 is 2.68 bits per heavy atom. The van der Waals surface area contributed by atoms with E-state index < -0.39 is 15.8 Å². The second-order valence-electron chi connectivity index (χ2n) is 5.19. The summed E-state index contributed by atoms with van der Waals surface area (Å²) in [6, 6.07) is 5.31. The zero-order valence-electron chi connectivity index (χ0n) is 11.1. The lowest BCUT2D eigenvalue weighted by atomic mass is 9.95. The average Bonchev–Trinajstić information content (AvgIpc) is 2.33. The highest BCUT2D eigenvalue weighted by Gasteiger charge is 2.29. The van der Waals surface area contributed by atoms with Gasteiger partial charge in [-0.2, -0.15) is 0 Å². The highest BCUT2D eigenvalue weighted by atomic mass is 32.2. The van der Waals surface area contributed by atoms with Crippen molar-refractivity contribution in [3.05, 3.63) is 30.1 Å². The second-order valence-corrected chi connectivity index (χ2v) is 6.87. The molecule has 1 aliphatic rings. The first-order valence-corrected chi connectivity index (χ1v) is 7.84. The summed E-state index contributed by atoms with van der Waals surface area (Å²) >= 11 is 0. The molecule has 0 spiro atoms. The number of piperidine rings is 1. The van der Waals surface area contributed by atoms with Crippen LogP contribution in [0.5, 0.6) is 0 Å². The normalized spacial score (nSPS) is 25.4. The minimum atomic E-state index is -3.78. The van der Waals surface area contributed by atoms with E-state index in [0.29, 0.717) is 0 Å². The van der Waals surface area contributed by atoms with Gasteiger partial charge in [0.05, 0.1) is 0 Å². The number of nitrogens with one attached hydrogen (secondary N) is 1. The quantitative estimate of drug-likeness (QED) is 0.915. The van der Waals surface area contributed by atoms with Crippen LogP contribution in [0.25, 0.3) is 0 Å². The highest BCUT2D eigenvalue weighted by molar-refractivity contribution is 7.89. The van der Waals surface area contributed by atoms with E-state index in [1.165, 1.54) is 18.2 Å². The summed E-state index contributed by atoms with van der Waals surface area (Å²) in [5.74, 6) is -0.504. The number of rotatable bonds is 3. The largest absolute Gasteiger partial charge is 0.306 e. The third kappa shape index (κ3) is 3.32. The third-order valence-corrected chi connectivity index (χ3v) is 5.06. The molecule has 1 aromatic carbocycles. The summed E-state index contributed by atoms with van der Waals surface area (Å²) in [6.45, 7) is 3.68. The number of likely N-dealkylation sites (tertiary alicyclic amines) is 1. The maximum atomic E-state index is 13.6. The zero-order valence-corrected chi connectivity index (χ0v) is 12.0. The topological polar surface area (TPSA) is 49.4 Å². The second kappa shape index (κ2) is 5.56. The predicted octanol–water partition coefficient (Wildman–Crippen LogP) is 1.44. The monoisotopic (exact) mass is 286 g/mol. The fraction of sp³-hybridized carbons (Fsp3) is 0.538. The molecule has 0 saturated carbocycles. The minimum absolute atomic E-state index is 0.138. The van der Waals surface area contributed by atoms with Crippen LogP contribution in [0, 0.1) is 11.7 Å². The van der Waals surface area contributed by atoms with Crippen LogP contribution in [0.3, 0.4) is 0 Å². The Balaban J connectivity index is 2.16. The lowest BCUT2D eigenvalue weighted by Gasteiger charge is -2.34. The van der Waals surface area contributed by atoms with Crippen LogP contribution >= 0.6 is 0 Å². The van der Waals surface area contributed by atoms with Gasteiger partial charge in [-0.05, 0) is 38.1 Å². The van der Waals surface area contributed by atoms with Crippen molar-refractivity contribution >= 4 is 10.0 Å². The van der Waals surface area contributed by atoms with E-state index in [1.807, 2.05) is 14.0 Å². The first-order valence-electron chi connectivity index (χ1n) is 6.35. The van der Waals surface area contributed by atoms with Gasteiger partial charge in [-0.1, -0.05) is 19.1 Å². The van der Waals surface area contributed by atoms with Gasteiger partial charge >= 0.3 is 0 Å². The molecular weight excluding hydrogens is 267 g/mol. The number of nitrogens with zero attached hydrogens (tertiary/aromatic N) is 1. The molecule has 0 aliphatic carbocycles. The van der Waals surface area contributed by atoms with Crippen LogP contribution in [0.15, 0.2) is 29.2 Å². The molecule has 2 atom stereocenters. The molecule has 1 N–H and O–H groups in total. The van der Waals surface area contributed by atoms with Crippen molar-refractivity contribution in [2.24, 2.45) is 5.92 Å². The van der Waals surface area contributed by atoms with Gasteiger partial charge in [-0.3, -0.25) is 0 Å². The van der Waals surface area contributed by atoms with E-state index in [2.05, 4.69) is 9.62 Å². The van der Waals surface area contributed by atoms with Crippen molar-refractivity contribution in [3.8, 4) is 0 Å². The molecule has 1 heterocycles. The van der Waals surface area contributed by atoms with Gasteiger partial charge in [0.2, 0.25) is 10.0 Å². The van der Waals surface area contributed by atoms with Crippen molar-refractivity contribution in [1.29, 1.82) is 0 Å². The smallest absolute Gasteiger partial charge is 0.243 e. The molecule has 0 bridgehead atoms. The van der Waals surface area contributed by atoms with Gasteiger partial charge < -0.3 is 4.90 Å². The summed E-state index contributed by atoms with van der Waals surface area (Å²) in [7, 11) is -1.77. The van der Waals surface area contributed by atoms with Gasteiger partial charge in [0.15, 0.2) is 0 Å². The molecule has 2 unspecified atom stereocenters. The molecule has 106 valence electrons. The number of hydrogen-bond donors (Lipinski definition) is 1. The van der Waals surface area contributed by atoms with E-state index in [4.69, 9.17) is 0 Å². The van der Waals surface area contributed by atoms with E-state index >= 15 is 0 Å². The summed E-state index contributed by atoms with van der Waals surface area (Å²) in [4.78, 5) is 1.89. The van der Waals surface area contributed by atoms with Crippen LogP contribution in [-0.4, -0.2) is 39.5 Å². The number of halogens is 1. The molecule has 1 aromatic rings.